The molecule has 1 aromatic carbocycles. The van der Waals surface area contributed by atoms with Gasteiger partial charge in [0.1, 0.15) is 0 Å². The molecular weight excluding hydrogens is 232 g/mol. The lowest BCUT2D eigenvalue weighted by molar-refractivity contribution is 0.102. The van der Waals surface area contributed by atoms with E-state index in [0.717, 1.165) is 5.69 Å². The third-order valence-electron chi connectivity index (χ3n) is 2.40. The van der Waals surface area contributed by atoms with Crippen LogP contribution in [0.1, 0.15) is 16.1 Å². The molecular formula is C13H12N2OS. The van der Waals surface area contributed by atoms with Crippen molar-refractivity contribution >= 4 is 24.2 Å². The number of benzene rings is 1. The van der Waals surface area contributed by atoms with E-state index in [1.54, 1.807) is 24.4 Å². The summed E-state index contributed by atoms with van der Waals surface area (Å²) >= 11 is 4.25. The largest absolute Gasteiger partial charge is 0.320 e. The molecule has 0 bridgehead atoms. The summed E-state index contributed by atoms with van der Waals surface area (Å²) in [6.07, 6.45) is 1.69. The number of carbonyl (C=O) groups is 1. The van der Waals surface area contributed by atoms with Crippen LogP contribution in [0.25, 0.3) is 0 Å². The Balaban J connectivity index is 2.24. The fraction of sp³-hybridized carbons (Fsp3) is 0.0769. The summed E-state index contributed by atoms with van der Waals surface area (Å²) in [5, 5.41) is 2.82. The number of aromatic nitrogens is 1. The first-order valence-corrected chi connectivity index (χ1v) is 5.64. The molecule has 0 radical (unpaired) electrons. The van der Waals surface area contributed by atoms with Crippen molar-refractivity contribution in [3.63, 3.8) is 0 Å². The van der Waals surface area contributed by atoms with E-state index in [0.29, 0.717) is 16.1 Å². The van der Waals surface area contributed by atoms with Crippen LogP contribution in [0.3, 0.4) is 0 Å². The van der Waals surface area contributed by atoms with Gasteiger partial charge in [-0.05, 0) is 31.2 Å². The van der Waals surface area contributed by atoms with Gasteiger partial charge in [0.05, 0.1) is 16.9 Å². The first-order chi connectivity index (χ1) is 8.18. The third kappa shape index (κ3) is 2.65. The zero-order valence-corrected chi connectivity index (χ0v) is 10.2. The zero-order chi connectivity index (χ0) is 12.3. The van der Waals surface area contributed by atoms with E-state index in [1.807, 2.05) is 25.1 Å². The maximum absolute atomic E-state index is 12.0. The second kappa shape index (κ2) is 5.01. The van der Waals surface area contributed by atoms with Crippen molar-refractivity contribution in [3.8, 4) is 0 Å². The topological polar surface area (TPSA) is 42.0 Å². The normalized spacial score (nSPS) is 10.0. The molecule has 1 heterocycles. The van der Waals surface area contributed by atoms with Crippen LogP contribution in [0.4, 0.5) is 5.69 Å². The minimum Gasteiger partial charge on any atom is -0.320 e. The molecule has 0 saturated carbocycles. The van der Waals surface area contributed by atoms with E-state index in [-0.39, 0.29) is 5.91 Å². The van der Waals surface area contributed by atoms with Gasteiger partial charge < -0.3 is 5.32 Å². The van der Waals surface area contributed by atoms with E-state index < -0.39 is 0 Å². The maximum atomic E-state index is 12.0. The van der Waals surface area contributed by atoms with Gasteiger partial charge in [0.2, 0.25) is 0 Å². The Morgan fingerprint density at radius 1 is 1.24 bits per heavy atom. The van der Waals surface area contributed by atoms with Crippen molar-refractivity contribution in [1.82, 2.24) is 4.98 Å². The minimum absolute atomic E-state index is 0.174. The van der Waals surface area contributed by atoms with Crippen LogP contribution in [0, 0.1) is 6.92 Å². The van der Waals surface area contributed by atoms with Crippen LogP contribution in [0.15, 0.2) is 47.5 Å². The highest BCUT2D eigenvalue weighted by atomic mass is 32.1. The molecule has 0 unspecified atom stereocenters. The van der Waals surface area contributed by atoms with Gasteiger partial charge in [-0.25, -0.2) is 0 Å². The SMILES string of the molecule is Cc1ncccc1NC(=O)c1ccccc1S. The minimum atomic E-state index is -0.174. The van der Waals surface area contributed by atoms with E-state index in [9.17, 15) is 4.79 Å². The Bertz CT molecular complexity index is 555. The van der Waals surface area contributed by atoms with Crippen molar-refractivity contribution in [2.75, 3.05) is 5.32 Å². The number of nitrogens with zero attached hydrogens (tertiary/aromatic N) is 1. The molecule has 1 aromatic heterocycles. The number of hydrogen-bond acceptors (Lipinski definition) is 3. The number of carbonyl (C=O) groups excluding carboxylic acids is 1. The van der Waals surface area contributed by atoms with Gasteiger partial charge in [-0.2, -0.15) is 0 Å². The standard InChI is InChI=1S/C13H12N2OS/c1-9-11(6-4-8-14-9)15-13(16)10-5-2-3-7-12(10)17/h2-8,17H,1H3,(H,15,16). The molecule has 0 saturated heterocycles. The smallest absolute Gasteiger partial charge is 0.256 e. The lowest BCUT2D eigenvalue weighted by Crippen LogP contribution is -2.13. The number of rotatable bonds is 2. The predicted molar refractivity (Wildman–Crippen MR) is 70.6 cm³/mol. The monoisotopic (exact) mass is 244 g/mol. The van der Waals surface area contributed by atoms with Gasteiger partial charge in [-0.15, -0.1) is 12.6 Å². The number of amides is 1. The predicted octanol–water partition coefficient (Wildman–Crippen LogP) is 2.93. The Kier molecular flexibility index (Phi) is 3.44. The highest BCUT2D eigenvalue weighted by molar-refractivity contribution is 7.80. The summed E-state index contributed by atoms with van der Waals surface area (Å²) in [5.41, 5.74) is 2.06. The van der Waals surface area contributed by atoms with E-state index in [2.05, 4.69) is 22.9 Å². The Hall–Kier alpha value is -1.81. The van der Waals surface area contributed by atoms with Gasteiger partial charge in [0.15, 0.2) is 0 Å². The van der Waals surface area contributed by atoms with Crippen LogP contribution in [0.2, 0.25) is 0 Å². The lowest BCUT2D eigenvalue weighted by Gasteiger charge is -2.08. The number of hydrogen-bond donors (Lipinski definition) is 2. The fourth-order valence-corrected chi connectivity index (χ4v) is 1.73. The number of anilines is 1. The molecule has 1 N–H and O–H groups in total. The van der Waals surface area contributed by atoms with Crippen molar-refractivity contribution in [3.05, 3.63) is 53.9 Å². The summed E-state index contributed by atoms with van der Waals surface area (Å²) in [6.45, 7) is 1.85. The average Bonchev–Trinajstić information content (AvgIpc) is 2.32. The van der Waals surface area contributed by atoms with Crippen LogP contribution < -0.4 is 5.32 Å². The summed E-state index contributed by atoms with van der Waals surface area (Å²) in [4.78, 5) is 16.8. The van der Waals surface area contributed by atoms with E-state index in [1.165, 1.54) is 0 Å². The number of thiol groups is 1. The van der Waals surface area contributed by atoms with Gasteiger partial charge in [0.25, 0.3) is 5.91 Å². The summed E-state index contributed by atoms with van der Waals surface area (Å²) < 4.78 is 0. The Morgan fingerprint density at radius 2 is 2.00 bits per heavy atom. The third-order valence-corrected chi connectivity index (χ3v) is 2.79. The van der Waals surface area contributed by atoms with Crippen LogP contribution in [-0.2, 0) is 0 Å². The summed E-state index contributed by atoms with van der Waals surface area (Å²) in [7, 11) is 0. The molecule has 0 atom stereocenters. The van der Waals surface area contributed by atoms with Crippen molar-refractivity contribution < 1.29 is 4.79 Å². The Labute approximate surface area is 105 Å². The molecule has 0 spiro atoms. The molecule has 2 rings (SSSR count). The second-order valence-corrected chi connectivity index (χ2v) is 4.09. The van der Waals surface area contributed by atoms with Crippen molar-refractivity contribution in [2.45, 2.75) is 11.8 Å². The fourth-order valence-electron chi connectivity index (χ4n) is 1.47. The van der Waals surface area contributed by atoms with E-state index >= 15 is 0 Å². The Morgan fingerprint density at radius 3 is 2.71 bits per heavy atom. The highest BCUT2D eigenvalue weighted by Gasteiger charge is 2.09. The van der Waals surface area contributed by atoms with Crippen LogP contribution >= 0.6 is 12.6 Å². The second-order valence-electron chi connectivity index (χ2n) is 3.61. The van der Waals surface area contributed by atoms with Crippen molar-refractivity contribution in [1.29, 1.82) is 0 Å². The number of aryl methyl sites for hydroxylation is 1. The summed E-state index contributed by atoms with van der Waals surface area (Å²) in [6, 6.07) is 10.8. The van der Waals surface area contributed by atoms with Gasteiger partial charge in [0, 0.05) is 11.1 Å². The summed E-state index contributed by atoms with van der Waals surface area (Å²) in [5.74, 6) is -0.174. The van der Waals surface area contributed by atoms with Crippen LogP contribution in [-0.4, -0.2) is 10.9 Å². The van der Waals surface area contributed by atoms with Crippen LogP contribution in [0.5, 0.6) is 0 Å². The average molecular weight is 244 g/mol. The molecule has 0 aliphatic rings. The molecule has 86 valence electrons. The molecule has 2 aromatic rings. The van der Waals surface area contributed by atoms with Gasteiger partial charge >= 0.3 is 0 Å². The van der Waals surface area contributed by atoms with E-state index in [4.69, 9.17) is 0 Å². The quantitative estimate of drug-likeness (QED) is 0.798. The highest BCUT2D eigenvalue weighted by Crippen LogP contribution is 2.16. The molecule has 1 amide bonds. The molecule has 17 heavy (non-hydrogen) atoms. The molecule has 0 aliphatic carbocycles. The zero-order valence-electron chi connectivity index (χ0n) is 9.34. The lowest BCUT2D eigenvalue weighted by atomic mass is 10.2. The number of nitrogens with one attached hydrogen (secondary N) is 1. The van der Waals surface area contributed by atoms with Gasteiger partial charge in [-0.3, -0.25) is 9.78 Å². The first kappa shape index (κ1) is 11.7. The first-order valence-electron chi connectivity index (χ1n) is 5.19. The molecule has 0 aliphatic heterocycles. The maximum Gasteiger partial charge on any atom is 0.256 e. The van der Waals surface area contributed by atoms with Crippen molar-refractivity contribution in [2.24, 2.45) is 0 Å². The van der Waals surface area contributed by atoms with Gasteiger partial charge in [-0.1, -0.05) is 12.1 Å². The molecule has 4 heteroatoms. The number of pyridine rings is 1. The molecule has 3 nitrogen and oxygen atoms in total. The molecule has 0 fully saturated rings.